The number of nitrogens with two attached hydrogens (primary N) is 2. The molecule has 246 valence electrons. The fraction of sp³-hybridized carbons (Fsp3) is 0.524. The molecule has 0 aromatic carbocycles. The van der Waals surface area contributed by atoms with Crippen LogP contribution >= 0.6 is 15.6 Å². The highest BCUT2D eigenvalue weighted by atomic mass is 31.2. The number of rotatable bonds is 2. The van der Waals surface area contributed by atoms with Gasteiger partial charge in [-0.2, -0.15) is 4.98 Å². The SMILES string of the molecule is Nc1nc2c(ncn2[C@@H]2O[C@@H]3COP(=O)(O)O[C@@H]4C5OC[C@]4(COP(=O)(O)OC2[C@H]3O)O[C@H]5n2cnc3c(N)ncnc32)c(=O)[nH]1. The summed E-state index contributed by atoms with van der Waals surface area (Å²) in [6.07, 6.45) is -6.26. The third kappa shape index (κ3) is 4.67. The van der Waals surface area contributed by atoms with Gasteiger partial charge < -0.3 is 40.6 Å². The van der Waals surface area contributed by atoms with Crippen LogP contribution in [0.15, 0.2) is 23.8 Å². The molecule has 0 spiro atoms. The minimum Gasteiger partial charge on any atom is -0.387 e. The van der Waals surface area contributed by atoms with E-state index in [0.29, 0.717) is 0 Å². The number of hydrogen-bond acceptors (Lipinski definition) is 18. The number of aromatic nitrogens is 8. The van der Waals surface area contributed by atoms with Gasteiger partial charge in [0.1, 0.15) is 48.0 Å². The van der Waals surface area contributed by atoms with Crippen molar-refractivity contribution in [2.24, 2.45) is 0 Å². The Morgan fingerprint density at radius 1 is 0.935 bits per heavy atom. The van der Waals surface area contributed by atoms with Crippen LogP contribution in [-0.4, -0.2) is 110 Å². The van der Waals surface area contributed by atoms with E-state index in [0.717, 1.165) is 10.9 Å². The maximum Gasteiger partial charge on any atom is 0.472 e. The molecule has 4 aromatic rings. The van der Waals surface area contributed by atoms with Gasteiger partial charge in [-0.1, -0.05) is 0 Å². The molecule has 23 nitrogen and oxygen atoms in total. The molecule has 4 aliphatic heterocycles. The minimum atomic E-state index is -5.11. The molecule has 0 radical (unpaired) electrons. The van der Waals surface area contributed by atoms with Crippen LogP contribution in [0.25, 0.3) is 22.3 Å². The van der Waals surface area contributed by atoms with Gasteiger partial charge in [0.2, 0.25) is 5.95 Å². The predicted octanol–water partition coefficient (Wildman–Crippen LogP) is -1.93. The zero-order valence-corrected chi connectivity index (χ0v) is 24.8. The standard InChI is InChI=1S/C21H24N10O13P2/c22-14-8-15(25-4-24-14)30(5-26-8)19-12-13-21(42-19,2-38-12)3-40-46(36,37)43-11-10(32)7(1-39-45(34,35)44-13)41-18(11)31-6-27-9-16(31)28-20(23)29-17(9)33/h4-7,10-13,18-19,32H,1-3H2,(H,34,35)(H,36,37)(H2,22,24,25)(H3,23,28,29,33)/t7-,10+,11?,12?,13-,18-,19-,21-/m1/s1. The highest BCUT2D eigenvalue weighted by molar-refractivity contribution is 7.47. The first-order valence-electron chi connectivity index (χ1n) is 13.4. The molecule has 25 heteroatoms. The van der Waals surface area contributed by atoms with E-state index in [9.17, 15) is 28.8 Å². The first-order chi connectivity index (χ1) is 21.8. The first kappa shape index (κ1) is 29.9. The van der Waals surface area contributed by atoms with Gasteiger partial charge in [0.15, 0.2) is 35.1 Å². The molecular formula is C21H24N10O13P2. The average molecular weight is 686 g/mol. The van der Waals surface area contributed by atoms with Gasteiger partial charge in [-0.05, 0) is 0 Å². The Hall–Kier alpha value is -3.44. The van der Waals surface area contributed by atoms with Crippen LogP contribution in [0.1, 0.15) is 12.5 Å². The van der Waals surface area contributed by atoms with Crippen LogP contribution in [0.5, 0.6) is 0 Å². The first-order valence-corrected chi connectivity index (χ1v) is 16.4. The number of nitrogens with one attached hydrogen (secondary N) is 1. The number of fused-ring (bicyclic) bond motifs is 4. The summed E-state index contributed by atoms with van der Waals surface area (Å²) < 4.78 is 68.7. The largest absolute Gasteiger partial charge is 0.472 e. The van der Waals surface area contributed by atoms with Crippen LogP contribution in [0, 0.1) is 0 Å². The second-order valence-corrected chi connectivity index (χ2v) is 13.7. The number of nitrogen functional groups attached to an aromatic ring is 2. The van der Waals surface area contributed by atoms with Gasteiger partial charge in [0.05, 0.1) is 32.5 Å². The van der Waals surface area contributed by atoms with Gasteiger partial charge in [0, 0.05) is 0 Å². The lowest BCUT2D eigenvalue weighted by molar-refractivity contribution is -0.184. The smallest absolute Gasteiger partial charge is 0.387 e. The van der Waals surface area contributed by atoms with E-state index in [2.05, 4.69) is 29.9 Å². The van der Waals surface area contributed by atoms with Crippen molar-refractivity contribution in [1.29, 1.82) is 0 Å². The second kappa shape index (κ2) is 10.3. The molecule has 8 N–H and O–H groups in total. The molecule has 4 fully saturated rings. The average Bonchev–Trinajstić information content (AvgIpc) is 3.80. The van der Waals surface area contributed by atoms with Crippen LogP contribution in [0.4, 0.5) is 11.8 Å². The number of H-pyrrole nitrogens is 1. The van der Waals surface area contributed by atoms with Crippen LogP contribution < -0.4 is 17.0 Å². The van der Waals surface area contributed by atoms with Crippen molar-refractivity contribution in [3.05, 3.63) is 29.3 Å². The van der Waals surface area contributed by atoms with Crippen LogP contribution in [0.3, 0.4) is 0 Å². The summed E-state index contributed by atoms with van der Waals surface area (Å²) in [5, 5.41) is 11.1. The van der Waals surface area contributed by atoms with E-state index in [-0.39, 0.29) is 40.7 Å². The second-order valence-electron chi connectivity index (χ2n) is 10.9. The molecule has 0 aliphatic carbocycles. The van der Waals surface area contributed by atoms with E-state index < -0.39 is 83.0 Å². The number of phosphoric acid groups is 2. The number of hydrogen-bond donors (Lipinski definition) is 6. The number of ether oxygens (including phenoxy) is 3. The highest BCUT2D eigenvalue weighted by Crippen LogP contribution is 2.58. The van der Waals surface area contributed by atoms with Gasteiger partial charge in [-0.25, -0.2) is 29.1 Å². The summed E-state index contributed by atoms with van der Waals surface area (Å²) in [5.74, 6) is -0.181. The molecule has 0 amide bonds. The zero-order valence-electron chi connectivity index (χ0n) is 23.0. The van der Waals surface area contributed by atoms with Crippen molar-refractivity contribution in [2.45, 2.75) is 48.6 Å². The maximum absolute atomic E-state index is 13.4. The molecule has 46 heavy (non-hydrogen) atoms. The van der Waals surface area contributed by atoms with Crippen molar-refractivity contribution >= 4 is 49.7 Å². The van der Waals surface area contributed by atoms with E-state index >= 15 is 0 Å². The Balaban J connectivity index is 1.14. The third-order valence-corrected chi connectivity index (χ3v) is 9.98. The number of anilines is 2. The summed E-state index contributed by atoms with van der Waals surface area (Å²) in [6.45, 7) is -1.82. The van der Waals surface area contributed by atoms with Gasteiger partial charge in [0.25, 0.3) is 5.56 Å². The Morgan fingerprint density at radius 2 is 1.67 bits per heavy atom. The van der Waals surface area contributed by atoms with E-state index in [1.54, 1.807) is 0 Å². The van der Waals surface area contributed by atoms with E-state index in [4.69, 9.17) is 43.8 Å². The molecule has 8 heterocycles. The zero-order chi connectivity index (χ0) is 32.2. The Morgan fingerprint density at radius 3 is 2.48 bits per heavy atom. The normalized spacial score (nSPS) is 39.7. The summed E-state index contributed by atoms with van der Waals surface area (Å²) in [6, 6.07) is 0. The number of phosphoric ester groups is 2. The molecule has 4 unspecified atom stereocenters. The van der Waals surface area contributed by atoms with Crippen LogP contribution in [0.2, 0.25) is 0 Å². The molecule has 4 bridgehead atoms. The van der Waals surface area contributed by atoms with Crippen molar-refractivity contribution in [1.82, 2.24) is 39.0 Å². The Kier molecular flexibility index (Phi) is 6.69. The lowest BCUT2D eigenvalue weighted by atomic mass is 10.0. The fourth-order valence-corrected chi connectivity index (χ4v) is 7.95. The number of aliphatic hydroxyl groups is 1. The van der Waals surface area contributed by atoms with Crippen molar-refractivity contribution in [3.63, 3.8) is 0 Å². The monoisotopic (exact) mass is 686 g/mol. The maximum atomic E-state index is 13.4. The highest BCUT2D eigenvalue weighted by Gasteiger charge is 2.66. The van der Waals surface area contributed by atoms with E-state index in [1.165, 1.54) is 17.2 Å². The number of imidazole rings is 2. The lowest BCUT2D eigenvalue weighted by Crippen LogP contribution is -2.45. The van der Waals surface area contributed by atoms with Gasteiger partial charge >= 0.3 is 15.6 Å². The Bertz CT molecular complexity index is 2020. The van der Waals surface area contributed by atoms with Crippen molar-refractivity contribution in [3.8, 4) is 0 Å². The number of aliphatic hydroxyl groups excluding tert-OH is 1. The summed E-state index contributed by atoms with van der Waals surface area (Å²) in [4.78, 5) is 56.5. The molecular weight excluding hydrogens is 662 g/mol. The molecule has 8 rings (SSSR count). The van der Waals surface area contributed by atoms with Gasteiger partial charge in [-0.15, -0.1) is 0 Å². The number of nitrogens with zero attached hydrogens (tertiary/aromatic N) is 7. The predicted molar refractivity (Wildman–Crippen MR) is 146 cm³/mol. The quantitative estimate of drug-likeness (QED) is 0.125. The molecule has 10 atom stereocenters. The van der Waals surface area contributed by atoms with Crippen LogP contribution in [-0.2, 0) is 41.4 Å². The van der Waals surface area contributed by atoms with E-state index in [1.807, 2.05) is 0 Å². The van der Waals surface area contributed by atoms with Gasteiger partial charge in [-0.3, -0.25) is 37.0 Å². The molecule has 4 aliphatic rings. The topological polar surface area (TPSA) is 319 Å². The number of aromatic amines is 1. The molecule has 4 saturated heterocycles. The summed E-state index contributed by atoms with van der Waals surface area (Å²) in [5.41, 5.74) is 9.37. The molecule has 4 aromatic heterocycles. The Labute approximate surface area is 254 Å². The summed E-state index contributed by atoms with van der Waals surface area (Å²) >= 11 is 0. The molecule has 0 saturated carbocycles. The van der Waals surface area contributed by atoms with Crippen molar-refractivity contribution in [2.75, 3.05) is 31.3 Å². The summed E-state index contributed by atoms with van der Waals surface area (Å²) in [7, 11) is -10.1. The lowest BCUT2D eigenvalue weighted by Gasteiger charge is -2.32. The van der Waals surface area contributed by atoms with Crippen molar-refractivity contribution < 1.29 is 56.3 Å². The fourth-order valence-electron chi connectivity index (χ4n) is 5.97. The minimum absolute atomic E-state index is 0.0897. The third-order valence-electron chi connectivity index (χ3n) is 8.05.